The van der Waals surface area contributed by atoms with Gasteiger partial charge in [0.2, 0.25) is 0 Å². The fourth-order valence-corrected chi connectivity index (χ4v) is 4.91. The largest absolute Gasteiger partial charge is 0.493 e. The van der Waals surface area contributed by atoms with Crippen LogP contribution in [0.4, 0.5) is 0 Å². The van der Waals surface area contributed by atoms with Gasteiger partial charge in [-0.1, -0.05) is 36.4 Å². The number of halogens is 1. The number of hydrogen-bond acceptors (Lipinski definition) is 6. The van der Waals surface area contributed by atoms with Crippen LogP contribution in [0.2, 0.25) is 5.02 Å². The maximum Gasteiger partial charge on any atom is 0.162 e. The molecule has 3 heterocycles. The molecule has 1 fully saturated rings. The predicted octanol–water partition coefficient (Wildman–Crippen LogP) is 4.34. The van der Waals surface area contributed by atoms with Crippen LogP contribution in [0.1, 0.15) is 30.3 Å². The van der Waals surface area contributed by atoms with Crippen LogP contribution in [-0.4, -0.2) is 41.1 Å². The zero-order chi connectivity index (χ0) is 18.3. The van der Waals surface area contributed by atoms with Gasteiger partial charge in [-0.05, 0) is 23.8 Å². The van der Waals surface area contributed by atoms with Gasteiger partial charge in [0.05, 0.1) is 26.0 Å². The first-order chi connectivity index (χ1) is 12.6. The summed E-state index contributed by atoms with van der Waals surface area (Å²) >= 11 is 8.46. The van der Waals surface area contributed by atoms with Crippen LogP contribution < -0.4 is 9.47 Å². The Hall–Kier alpha value is -1.92. The van der Waals surface area contributed by atoms with Crippen molar-refractivity contribution in [2.75, 3.05) is 20.8 Å². The first-order valence-electron chi connectivity index (χ1n) is 8.45. The number of fused-ring (bicyclic) bond motifs is 1. The minimum atomic E-state index is -0.0956. The van der Waals surface area contributed by atoms with Gasteiger partial charge in [0, 0.05) is 29.1 Å². The van der Waals surface area contributed by atoms with Crippen LogP contribution in [0.25, 0.3) is 0 Å². The molecule has 5 nitrogen and oxygen atoms in total. The second-order valence-corrected chi connectivity index (χ2v) is 8.18. The van der Waals surface area contributed by atoms with Gasteiger partial charge in [0.15, 0.2) is 16.7 Å². The van der Waals surface area contributed by atoms with Crippen LogP contribution in [0, 0.1) is 0 Å². The molecule has 1 saturated heterocycles. The Morgan fingerprint density at radius 2 is 1.96 bits per heavy atom. The Balaban J connectivity index is 1.82. The molecular formula is C19H20ClN3O2S. The van der Waals surface area contributed by atoms with E-state index in [1.54, 1.807) is 26.0 Å². The highest BCUT2D eigenvalue weighted by Crippen LogP contribution is 2.50. The molecule has 0 amide bonds. The van der Waals surface area contributed by atoms with E-state index in [2.05, 4.69) is 16.8 Å². The number of ether oxygens (including phenoxy) is 2. The number of methoxy groups -OCH3 is 2. The lowest BCUT2D eigenvalue weighted by atomic mass is 9.96. The smallest absolute Gasteiger partial charge is 0.162 e. The molecule has 7 heteroatoms. The van der Waals surface area contributed by atoms with E-state index in [1.165, 1.54) is 0 Å². The predicted molar refractivity (Wildman–Crippen MR) is 105 cm³/mol. The van der Waals surface area contributed by atoms with Gasteiger partial charge in [0.25, 0.3) is 0 Å². The van der Waals surface area contributed by atoms with E-state index in [-0.39, 0.29) is 12.1 Å². The van der Waals surface area contributed by atoms with Crippen LogP contribution >= 0.6 is 23.4 Å². The number of hydrogen-bond donors (Lipinski definition) is 0. The van der Waals surface area contributed by atoms with E-state index in [1.807, 2.05) is 36.5 Å². The van der Waals surface area contributed by atoms with E-state index in [4.69, 9.17) is 26.1 Å². The number of aromatic nitrogens is 1. The third-order valence-electron chi connectivity index (χ3n) is 4.70. The Morgan fingerprint density at radius 3 is 2.65 bits per heavy atom. The minimum absolute atomic E-state index is 0.00958. The molecule has 3 atom stereocenters. The van der Waals surface area contributed by atoms with Crippen molar-refractivity contribution in [1.29, 1.82) is 0 Å². The van der Waals surface area contributed by atoms with Crippen molar-refractivity contribution in [3.05, 3.63) is 52.8 Å². The minimum Gasteiger partial charge on any atom is -0.493 e. The summed E-state index contributed by atoms with van der Waals surface area (Å²) in [4.78, 5) is 11.9. The molecule has 4 rings (SSSR count). The van der Waals surface area contributed by atoms with Crippen molar-refractivity contribution in [3.8, 4) is 11.5 Å². The van der Waals surface area contributed by atoms with E-state index in [9.17, 15) is 0 Å². The highest BCUT2D eigenvalue weighted by molar-refractivity contribution is 8.14. The zero-order valence-electron chi connectivity index (χ0n) is 14.8. The van der Waals surface area contributed by atoms with Crippen LogP contribution in [0.15, 0.2) is 41.5 Å². The lowest BCUT2D eigenvalue weighted by molar-refractivity contribution is 0.317. The lowest BCUT2D eigenvalue weighted by Gasteiger charge is -2.28. The van der Waals surface area contributed by atoms with E-state index >= 15 is 0 Å². The Labute approximate surface area is 162 Å². The van der Waals surface area contributed by atoms with Gasteiger partial charge in [-0.2, -0.15) is 0 Å². The summed E-state index contributed by atoms with van der Waals surface area (Å²) < 4.78 is 10.9. The summed E-state index contributed by atoms with van der Waals surface area (Å²) in [6, 6.07) is 9.61. The fourth-order valence-electron chi connectivity index (χ4n) is 3.55. The number of pyridine rings is 1. The lowest BCUT2D eigenvalue weighted by Crippen LogP contribution is -2.28. The van der Waals surface area contributed by atoms with Gasteiger partial charge in [-0.15, -0.1) is 0 Å². The van der Waals surface area contributed by atoms with Gasteiger partial charge in [-0.3, -0.25) is 9.98 Å². The molecule has 0 aliphatic carbocycles. The summed E-state index contributed by atoms with van der Waals surface area (Å²) in [5.74, 6) is 1.29. The monoisotopic (exact) mass is 389 g/mol. The molecule has 0 N–H and O–H groups in total. The van der Waals surface area contributed by atoms with Crippen LogP contribution in [0.5, 0.6) is 11.5 Å². The third kappa shape index (κ3) is 2.91. The first kappa shape index (κ1) is 17.5. The second-order valence-electron chi connectivity index (χ2n) is 6.37. The summed E-state index contributed by atoms with van der Waals surface area (Å²) in [5.41, 5.74) is 1.92. The fraction of sp³-hybridized carbons (Fsp3) is 0.368. The molecule has 0 unspecified atom stereocenters. The van der Waals surface area contributed by atoms with Crippen molar-refractivity contribution in [1.82, 2.24) is 9.88 Å². The SMILES string of the molecule is COc1cc(Cl)c([C@@H]2[C@H](c3ccccn3)N=C3S[C@@H](C)CN32)cc1OC. The molecule has 1 aromatic carbocycles. The second kappa shape index (κ2) is 7.00. The maximum atomic E-state index is 6.66. The Bertz CT molecular complexity index is 846. The van der Waals surface area contributed by atoms with E-state index < -0.39 is 0 Å². The highest BCUT2D eigenvalue weighted by atomic mass is 35.5. The number of amidine groups is 1. The molecule has 2 aromatic rings. The van der Waals surface area contributed by atoms with Crippen molar-refractivity contribution in [2.45, 2.75) is 24.3 Å². The average Bonchev–Trinajstić information content (AvgIpc) is 3.18. The van der Waals surface area contributed by atoms with Gasteiger partial charge in [-0.25, -0.2) is 0 Å². The first-order valence-corrected chi connectivity index (χ1v) is 9.71. The molecule has 0 saturated carbocycles. The number of rotatable bonds is 4. The molecule has 0 bridgehead atoms. The number of aliphatic imine (C=N–C) groups is 1. The normalized spacial score (nSPS) is 24.4. The third-order valence-corrected chi connectivity index (χ3v) is 6.13. The van der Waals surface area contributed by atoms with Crippen molar-refractivity contribution in [3.63, 3.8) is 0 Å². The molecular weight excluding hydrogens is 370 g/mol. The summed E-state index contributed by atoms with van der Waals surface area (Å²) in [7, 11) is 3.25. The molecule has 2 aliphatic rings. The molecule has 0 spiro atoms. The number of thioether (sulfide) groups is 1. The average molecular weight is 390 g/mol. The van der Waals surface area contributed by atoms with Gasteiger partial charge in [0.1, 0.15) is 6.04 Å². The number of benzene rings is 1. The topological polar surface area (TPSA) is 47.0 Å². The van der Waals surface area contributed by atoms with E-state index in [0.29, 0.717) is 21.8 Å². The molecule has 0 radical (unpaired) electrons. The van der Waals surface area contributed by atoms with Crippen molar-refractivity contribution in [2.24, 2.45) is 4.99 Å². The van der Waals surface area contributed by atoms with Crippen molar-refractivity contribution < 1.29 is 9.47 Å². The van der Waals surface area contributed by atoms with Crippen LogP contribution in [-0.2, 0) is 0 Å². The molecule has 2 aliphatic heterocycles. The Morgan fingerprint density at radius 1 is 1.19 bits per heavy atom. The highest BCUT2D eigenvalue weighted by Gasteiger charge is 2.44. The number of nitrogens with zero attached hydrogens (tertiary/aromatic N) is 3. The standard InChI is InChI=1S/C19H20ClN3O2S/c1-11-10-23-18(12-8-15(24-2)16(25-3)9-13(12)20)17(22-19(23)26-11)14-6-4-5-7-21-14/h4-9,11,17-18H,10H2,1-3H3/t11-,17-,18+/m0/s1. The summed E-state index contributed by atoms with van der Waals surface area (Å²) in [6.07, 6.45) is 1.81. The molecule has 26 heavy (non-hydrogen) atoms. The molecule has 1 aromatic heterocycles. The summed E-state index contributed by atoms with van der Waals surface area (Å²) in [5, 5.41) is 2.21. The van der Waals surface area contributed by atoms with Crippen molar-refractivity contribution >= 4 is 28.5 Å². The van der Waals surface area contributed by atoms with Gasteiger partial charge < -0.3 is 14.4 Å². The molecule has 136 valence electrons. The van der Waals surface area contributed by atoms with Gasteiger partial charge >= 0.3 is 0 Å². The Kier molecular flexibility index (Phi) is 4.71. The quantitative estimate of drug-likeness (QED) is 0.778. The van der Waals surface area contributed by atoms with E-state index in [0.717, 1.165) is 23.0 Å². The zero-order valence-corrected chi connectivity index (χ0v) is 16.4. The summed E-state index contributed by atoms with van der Waals surface area (Å²) in [6.45, 7) is 3.15. The van der Waals surface area contributed by atoms with Crippen LogP contribution in [0.3, 0.4) is 0 Å². The maximum absolute atomic E-state index is 6.66.